The summed E-state index contributed by atoms with van der Waals surface area (Å²) in [7, 11) is 1.83. The normalized spacial score (nSPS) is 21.4. The van der Waals surface area contributed by atoms with Crippen LogP contribution in [0, 0.1) is 0 Å². The first-order valence-electron chi connectivity index (χ1n) is 5.76. The van der Waals surface area contributed by atoms with Crippen molar-refractivity contribution < 1.29 is 4.79 Å². The smallest absolute Gasteiger partial charge is 0.287 e. The Morgan fingerprint density at radius 1 is 1.62 bits per heavy atom. The first kappa shape index (κ1) is 11.1. The van der Waals surface area contributed by atoms with E-state index in [0.717, 1.165) is 19.5 Å². The molecule has 0 bridgehead atoms. The molecule has 1 unspecified atom stereocenters. The summed E-state index contributed by atoms with van der Waals surface area (Å²) in [5, 5.41) is 6.34. The number of aromatic nitrogens is 2. The van der Waals surface area contributed by atoms with E-state index in [9.17, 15) is 4.79 Å². The van der Waals surface area contributed by atoms with Gasteiger partial charge in [0.05, 0.1) is 0 Å². The maximum atomic E-state index is 11.9. The molecule has 16 heavy (non-hydrogen) atoms. The van der Waals surface area contributed by atoms with Crippen molar-refractivity contribution in [2.45, 2.75) is 25.3 Å². The van der Waals surface area contributed by atoms with Crippen LogP contribution in [0.1, 0.15) is 29.9 Å². The zero-order valence-electron chi connectivity index (χ0n) is 9.57. The molecule has 2 heterocycles. The maximum Gasteiger partial charge on any atom is 0.287 e. The van der Waals surface area contributed by atoms with Gasteiger partial charge in [0.15, 0.2) is 5.82 Å². The fraction of sp³-hybridized carbons (Fsp3) is 0.636. The lowest BCUT2D eigenvalue weighted by molar-refractivity contribution is 0.0922. The molecular formula is C11H18N4O. The van der Waals surface area contributed by atoms with Crippen LogP contribution in [-0.4, -0.2) is 34.6 Å². The summed E-state index contributed by atoms with van der Waals surface area (Å²) in [4.78, 5) is 15.9. The Hall–Kier alpha value is -1.36. The molecule has 1 aromatic heterocycles. The van der Waals surface area contributed by atoms with E-state index in [4.69, 9.17) is 0 Å². The summed E-state index contributed by atoms with van der Waals surface area (Å²) in [6, 6.07) is 0.228. The van der Waals surface area contributed by atoms with Crippen molar-refractivity contribution in [1.82, 2.24) is 20.2 Å². The second kappa shape index (κ2) is 5.12. The molecule has 1 aliphatic rings. The van der Waals surface area contributed by atoms with Crippen molar-refractivity contribution in [3.63, 3.8) is 0 Å². The van der Waals surface area contributed by atoms with Crippen molar-refractivity contribution in [2.24, 2.45) is 7.05 Å². The van der Waals surface area contributed by atoms with E-state index in [1.165, 1.54) is 12.8 Å². The summed E-state index contributed by atoms with van der Waals surface area (Å²) >= 11 is 0. The highest BCUT2D eigenvalue weighted by atomic mass is 16.2. The summed E-state index contributed by atoms with van der Waals surface area (Å²) in [5.41, 5.74) is 0. The van der Waals surface area contributed by atoms with Crippen LogP contribution in [-0.2, 0) is 7.05 Å². The Morgan fingerprint density at radius 2 is 2.50 bits per heavy atom. The lowest BCUT2D eigenvalue weighted by Gasteiger charge is -2.15. The van der Waals surface area contributed by atoms with Gasteiger partial charge in [0.25, 0.3) is 5.91 Å². The summed E-state index contributed by atoms with van der Waals surface area (Å²) in [6.45, 7) is 1.91. The molecule has 0 saturated carbocycles. The van der Waals surface area contributed by atoms with E-state index in [0.29, 0.717) is 5.82 Å². The molecule has 5 heteroatoms. The Labute approximate surface area is 95.2 Å². The van der Waals surface area contributed by atoms with Crippen LogP contribution in [0.4, 0.5) is 0 Å². The third-order valence-corrected chi connectivity index (χ3v) is 2.91. The van der Waals surface area contributed by atoms with E-state index in [1.807, 2.05) is 7.05 Å². The summed E-state index contributed by atoms with van der Waals surface area (Å²) in [6.07, 6.45) is 6.82. The minimum atomic E-state index is -0.0822. The quantitative estimate of drug-likeness (QED) is 0.756. The average molecular weight is 222 g/mol. The molecule has 1 aliphatic heterocycles. The minimum Gasteiger partial charge on any atom is -0.345 e. The predicted molar refractivity (Wildman–Crippen MR) is 61.2 cm³/mol. The van der Waals surface area contributed by atoms with Crippen LogP contribution in [0.3, 0.4) is 0 Å². The maximum absolute atomic E-state index is 11.9. The molecule has 88 valence electrons. The number of hydrogen-bond donors (Lipinski definition) is 2. The fourth-order valence-electron chi connectivity index (χ4n) is 1.98. The molecular weight excluding hydrogens is 204 g/mol. The number of hydrogen-bond acceptors (Lipinski definition) is 3. The Morgan fingerprint density at radius 3 is 3.25 bits per heavy atom. The molecule has 2 N–H and O–H groups in total. The fourth-order valence-corrected chi connectivity index (χ4v) is 1.98. The van der Waals surface area contributed by atoms with Gasteiger partial charge >= 0.3 is 0 Å². The molecule has 2 rings (SSSR count). The van der Waals surface area contributed by atoms with E-state index in [-0.39, 0.29) is 11.9 Å². The highest BCUT2D eigenvalue weighted by Crippen LogP contribution is 2.05. The van der Waals surface area contributed by atoms with E-state index >= 15 is 0 Å². The Balaban J connectivity index is 1.93. The highest BCUT2D eigenvalue weighted by molar-refractivity contribution is 5.90. The Bertz CT molecular complexity index is 353. The number of carbonyl (C=O) groups excluding carboxylic acids is 1. The van der Waals surface area contributed by atoms with Crippen LogP contribution in [0.25, 0.3) is 0 Å². The topological polar surface area (TPSA) is 59.0 Å². The number of nitrogens with one attached hydrogen (secondary N) is 2. The van der Waals surface area contributed by atoms with Crippen molar-refractivity contribution in [3.8, 4) is 0 Å². The van der Waals surface area contributed by atoms with Crippen LogP contribution < -0.4 is 10.6 Å². The molecule has 0 radical (unpaired) electrons. The van der Waals surface area contributed by atoms with Crippen LogP contribution in [0.15, 0.2) is 12.4 Å². The zero-order chi connectivity index (χ0) is 11.4. The first-order valence-corrected chi connectivity index (χ1v) is 5.76. The molecule has 5 nitrogen and oxygen atoms in total. The van der Waals surface area contributed by atoms with E-state index in [1.54, 1.807) is 17.0 Å². The second-order valence-corrected chi connectivity index (χ2v) is 4.23. The molecule has 0 spiro atoms. The minimum absolute atomic E-state index is 0.0822. The van der Waals surface area contributed by atoms with Crippen LogP contribution >= 0.6 is 0 Å². The van der Waals surface area contributed by atoms with Gasteiger partial charge in [-0.25, -0.2) is 4.98 Å². The number of imidazole rings is 1. The predicted octanol–water partition coefficient (Wildman–Crippen LogP) is 0.292. The number of rotatable bonds is 2. The van der Waals surface area contributed by atoms with Gasteiger partial charge in [-0.2, -0.15) is 0 Å². The molecule has 0 aliphatic carbocycles. The molecule has 0 aromatic carbocycles. The second-order valence-electron chi connectivity index (χ2n) is 4.23. The molecule has 1 fully saturated rings. The lowest BCUT2D eigenvalue weighted by Crippen LogP contribution is -2.41. The largest absolute Gasteiger partial charge is 0.345 e. The average Bonchev–Trinajstić information content (AvgIpc) is 2.53. The van der Waals surface area contributed by atoms with Gasteiger partial charge in [0.2, 0.25) is 0 Å². The van der Waals surface area contributed by atoms with Crippen molar-refractivity contribution in [3.05, 3.63) is 18.2 Å². The van der Waals surface area contributed by atoms with Crippen molar-refractivity contribution >= 4 is 5.91 Å². The van der Waals surface area contributed by atoms with E-state index < -0.39 is 0 Å². The number of carbonyl (C=O) groups is 1. The van der Waals surface area contributed by atoms with Gasteiger partial charge in [0.1, 0.15) is 0 Å². The summed E-state index contributed by atoms with van der Waals surface area (Å²) in [5.74, 6) is 0.394. The van der Waals surface area contributed by atoms with Gasteiger partial charge in [-0.05, 0) is 19.4 Å². The van der Waals surface area contributed by atoms with Crippen molar-refractivity contribution in [2.75, 3.05) is 13.1 Å². The first-order chi connectivity index (χ1) is 7.77. The molecule has 1 amide bonds. The number of aryl methyl sites for hydroxylation is 1. The molecule has 1 saturated heterocycles. The summed E-state index contributed by atoms with van der Waals surface area (Å²) < 4.78 is 1.74. The molecule has 1 atom stereocenters. The Kier molecular flexibility index (Phi) is 3.56. The van der Waals surface area contributed by atoms with Gasteiger partial charge in [-0.3, -0.25) is 4.79 Å². The standard InChI is InChI=1S/C11H18N4O/c1-15-7-6-13-10(15)11(16)14-9-4-2-3-5-12-8-9/h6-7,9,12H,2-5,8H2,1H3,(H,14,16). The monoisotopic (exact) mass is 222 g/mol. The zero-order valence-corrected chi connectivity index (χ0v) is 9.57. The lowest BCUT2D eigenvalue weighted by atomic mass is 10.1. The molecule has 1 aromatic rings. The van der Waals surface area contributed by atoms with Crippen LogP contribution in [0.5, 0.6) is 0 Å². The van der Waals surface area contributed by atoms with Crippen molar-refractivity contribution in [1.29, 1.82) is 0 Å². The van der Waals surface area contributed by atoms with Gasteiger partial charge in [-0.15, -0.1) is 0 Å². The van der Waals surface area contributed by atoms with Crippen LogP contribution in [0.2, 0.25) is 0 Å². The number of amides is 1. The van der Waals surface area contributed by atoms with Gasteiger partial charge in [0, 0.05) is 32.0 Å². The van der Waals surface area contributed by atoms with E-state index in [2.05, 4.69) is 15.6 Å². The van der Waals surface area contributed by atoms with Gasteiger partial charge in [-0.1, -0.05) is 6.42 Å². The highest BCUT2D eigenvalue weighted by Gasteiger charge is 2.17. The third-order valence-electron chi connectivity index (χ3n) is 2.91. The SMILES string of the molecule is Cn1ccnc1C(=O)NC1CCCCNC1. The third kappa shape index (κ3) is 2.61. The number of nitrogens with zero attached hydrogens (tertiary/aromatic N) is 2. The van der Waals surface area contributed by atoms with Gasteiger partial charge < -0.3 is 15.2 Å².